The summed E-state index contributed by atoms with van der Waals surface area (Å²) in [6, 6.07) is 12.9. The van der Waals surface area contributed by atoms with Gasteiger partial charge in [0.2, 0.25) is 10.0 Å². The number of guanidine groups is 1. The molecule has 168 valence electrons. The molecule has 1 aliphatic rings. The number of aliphatic imine (C=N–C) groups is 1. The van der Waals surface area contributed by atoms with E-state index in [1.165, 1.54) is 24.3 Å². The van der Waals surface area contributed by atoms with E-state index in [4.69, 9.17) is 14.9 Å². The Balaban J connectivity index is 1.68. The molecule has 2 aromatic carbocycles. The normalized spacial score (nSPS) is 20.0. The first-order valence-electron chi connectivity index (χ1n) is 10.3. The third kappa shape index (κ3) is 6.49. The Morgan fingerprint density at radius 2 is 1.87 bits per heavy atom. The summed E-state index contributed by atoms with van der Waals surface area (Å²) in [6.07, 6.45) is 0.499. The first-order valence-corrected chi connectivity index (χ1v) is 11.9. The zero-order valence-electron chi connectivity index (χ0n) is 17.8. The number of ether oxygens (including phenoxy) is 1. The molecule has 2 atom stereocenters. The molecule has 1 fully saturated rings. The molecule has 31 heavy (non-hydrogen) atoms. The molecule has 2 unspecified atom stereocenters. The maximum atomic E-state index is 13.3. The van der Waals surface area contributed by atoms with E-state index in [0.717, 1.165) is 23.6 Å². The summed E-state index contributed by atoms with van der Waals surface area (Å²) in [6.45, 7) is 6.62. The molecule has 0 spiro atoms. The Bertz CT molecular complexity index is 994. The molecule has 3 rings (SSSR count). The summed E-state index contributed by atoms with van der Waals surface area (Å²) in [4.78, 5) is 7.02. The van der Waals surface area contributed by atoms with Gasteiger partial charge in [-0.05, 0) is 55.7 Å². The lowest BCUT2D eigenvalue weighted by Crippen LogP contribution is -2.50. The van der Waals surface area contributed by atoms with Crippen LogP contribution in [0.4, 0.5) is 4.39 Å². The van der Waals surface area contributed by atoms with Crippen molar-refractivity contribution in [1.29, 1.82) is 0 Å². The Hall–Kier alpha value is -2.49. The summed E-state index contributed by atoms with van der Waals surface area (Å²) in [7, 11) is -3.69. The van der Waals surface area contributed by atoms with Gasteiger partial charge >= 0.3 is 0 Å². The van der Waals surface area contributed by atoms with Gasteiger partial charge < -0.3 is 15.0 Å². The Morgan fingerprint density at radius 3 is 2.48 bits per heavy atom. The highest BCUT2D eigenvalue weighted by Gasteiger charge is 2.28. The van der Waals surface area contributed by atoms with Gasteiger partial charge in [0, 0.05) is 19.6 Å². The van der Waals surface area contributed by atoms with Crippen LogP contribution in [0.3, 0.4) is 0 Å². The summed E-state index contributed by atoms with van der Waals surface area (Å²) in [5.41, 5.74) is 1.91. The Labute approximate surface area is 183 Å². The highest BCUT2D eigenvalue weighted by atomic mass is 32.2. The average molecular weight is 449 g/mol. The predicted molar refractivity (Wildman–Crippen MR) is 119 cm³/mol. The topological polar surface area (TPSA) is 97.0 Å². The van der Waals surface area contributed by atoms with Gasteiger partial charge in [0.1, 0.15) is 11.9 Å². The lowest BCUT2D eigenvalue weighted by Gasteiger charge is -2.38. The predicted octanol–water partition coefficient (Wildman–Crippen LogP) is 2.44. The van der Waals surface area contributed by atoms with Gasteiger partial charge in [-0.1, -0.05) is 24.3 Å². The van der Waals surface area contributed by atoms with Gasteiger partial charge in [-0.15, -0.1) is 0 Å². The number of rotatable bonds is 6. The quantitative estimate of drug-likeness (QED) is 0.523. The van der Waals surface area contributed by atoms with Gasteiger partial charge in [0.25, 0.3) is 0 Å². The van der Waals surface area contributed by atoms with E-state index in [2.05, 4.69) is 10.2 Å². The number of nitrogens with one attached hydrogen (secondary N) is 1. The number of sulfonamides is 1. The maximum absolute atomic E-state index is 13.3. The van der Waals surface area contributed by atoms with Crippen LogP contribution < -0.4 is 10.5 Å². The second-order valence-electron chi connectivity index (χ2n) is 7.57. The third-order valence-electron chi connectivity index (χ3n) is 5.05. The number of hydrogen-bond donors (Lipinski definition) is 2. The fraction of sp³-hybridized carbons (Fsp3) is 0.409. The van der Waals surface area contributed by atoms with E-state index in [-0.39, 0.29) is 22.9 Å². The number of hydrogen-bond acceptors (Lipinski definition) is 4. The van der Waals surface area contributed by atoms with Crippen LogP contribution in [-0.4, -0.2) is 51.6 Å². The highest BCUT2D eigenvalue weighted by Crippen LogP contribution is 2.25. The molecule has 1 heterocycles. The van der Waals surface area contributed by atoms with Crippen molar-refractivity contribution in [2.45, 2.75) is 37.4 Å². The van der Waals surface area contributed by atoms with Crippen LogP contribution in [0.25, 0.3) is 0 Å². The van der Waals surface area contributed by atoms with Crippen molar-refractivity contribution in [1.82, 2.24) is 10.2 Å². The zero-order valence-corrected chi connectivity index (χ0v) is 18.6. The van der Waals surface area contributed by atoms with E-state index in [9.17, 15) is 12.8 Å². The van der Waals surface area contributed by atoms with Crippen molar-refractivity contribution in [3.05, 3.63) is 65.5 Å². The molecule has 7 nitrogen and oxygen atoms in total. The molecule has 0 radical (unpaired) electrons. The number of nitrogens with zero attached hydrogens (tertiary/aromatic N) is 2. The third-order valence-corrected chi connectivity index (χ3v) is 5.98. The average Bonchev–Trinajstić information content (AvgIpc) is 2.73. The minimum Gasteiger partial charge on any atom is -0.367 e. The Kier molecular flexibility index (Phi) is 7.64. The molecule has 1 aliphatic heterocycles. The van der Waals surface area contributed by atoms with Crippen LogP contribution in [0.15, 0.2) is 58.4 Å². The Morgan fingerprint density at radius 1 is 1.19 bits per heavy atom. The molecule has 9 heteroatoms. The largest absolute Gasteiger partial charge is 0.367 e. The molecule has 0 amide bonds. The minimum absolute atomic E-state index is 0.00147. The van der Waals surface area contributed by atoms with Crippen molar-refractivity contribution in [3.8, 4) is 0 Å². The molecular formula is C22H29FN4O3S. The first-order chi connectivity index (χ1) is 14.8. The van der Waals surface area contributed by atoms with Gasteiger partial charge in [0.15, 0.2) is 5.96 Å². The van der Waals surface area contributed by atoms with E-state index < -0.39 is 10.0 Å². The second-order valence-corrected chi connectivity index (χ2v) is 9.13. The van der Waals surface area contributed by atoms with Crippen molar-refractivity contribution >= 4 is 16.0 Å². The fourth-order valence-corrected chi connectivity index (χ4v) is 4.06. The standard InChI is InChI=1S/C22H29FN4O3S/c1-3-25-22(26-13-12-17-4-10-20(11-5-17)31(24,28)29)27-14-16(2)30-21(15-27)18-6-8-19(23)9-7-18/h4-11,16,21H,3,12-15H2,1-2H3,(H,25,26)(H2,24,28,29). The SMILES string of the molecule is CCNC(=NCCc1ccc(S(N)(=O)=O)cc1)N1CC(C)OC(c2ccc(F)cc2)C1. The maximum Gasteiger partial charge on any atom is 0.238 e. The second kappa shape index (κ2) is 10.2. The zero-order chi connectivity index (χ0) is 22.4. The van der Waals surface area contributed by atoms with Gasteiger partial charge in [-0.25, -0.2) is 17.9 Å². The van der Waals surface area contributed by atoms with Crippen molar-refractivity contribution < 1.29 is 17.5 Å². The van der Waals surface area contributed by atoms with E-state index in [1.807, 2.05) is 13.8 Å². The summed E-state index contributed by atoms with van der Waals surface area (Å²) >= 11 is 0. The van der Waals surface area contributed by atoms with Crippen LogP contribution in [0.1, 0.15) is 31.1 Å². The van der Waals surface area contributed by atoms with Crippen LogP contribution in [-0.2, 0) is 21.2 Å². The summed E-state index contributed by atoms with van der Waals surface area (Å²) < 4.78 is 42.1. The monoisotopic (exact) mass is 448 g/mol. The summed E-state index contributed by atoms with van der Waals surface area (Å²) in [5.74, 6) is 0.530. The summed E-state index contributed by atoms with van der Waals surface area (Å²) in [5, 5.41) is 8.48. The van der Waals surface area contributed by atoms with Crippen molar-refractivity contribution in [3.63, 3.8) is 0 Å². The van der Waals surface area contributed by atoms with E-state index >= 15 is 0 Å². The van der Waals surface area contributed by atoms with Crippen LogP contribution in [0, 0.1) is 5.82 Å². The minimum atomic E-state index is -3.69. The number of primary sulfonamides is 1. The molecule has 0 bridgehead atoms. The van der Waals surface area contributed by atoms with Crippen LogP contribution in [0.2, 0.25) is 0 Å². The molecule has 0 aliphatic carbocycles. The molecule has 0 aromatic heterocycles. The fourth-order valence-electron chi connectivity index (χ4n) is 3.55. The van der Waals surface area contributed by atoms with Crippen molar-refractivity contribution in [2.24, 2.45) is 10.1 Å². The number of halogens is 1. The molecule has 0 saturated carbocycles. The lowest BCUT2D eigenvalue weighted by molar-refractivity contribution is -0.0605. The molecule has 2 aromatic rings. The van der Waals surface area contributed by atoms with Gasteiger partial charge in [0.05, 0.1) is 17.5 Å². The van der Waals surface area contributed by atoms with E-state index in [1.54, 1.807) is 24.3 Å². The molecule has 1 saturated heterocycles. The number of morpholine rings is 1. The highest BCUT2D eigenvalue weighted by molar-refractivity contribution is 7.89. The lowest BCUT2D eigenvalue weighted by atomic mass is 10.1. The van der Waals surface area contributed by atoms with Crippen LogP contribution >= 0.6 is 0 Å². The van der Waals surface area contributed by atoms with Gasteiger partial charge in [-0.2, -0.15) is 0 Å². The molecular weight excluding hydrogens is 419 g/mol. The van der Waals surface area contributed by atoms with E-state index in [0.29, 0.717) is 26.1 Å². The first kappa shape index (κ1) is 23.2. The van der Waals surface area contributed by atoms with Crippen LogP contribution in [0.5, 0.6) is 0 Å². The number of nitrogens with two attached hydrogens (primary N) is 1. The molecule has 3 N–H and O–H groups in total. The number of benzene rings is 2. The smallest absolute Gasteiger partial charge is 0.238 e. The van der Waals surface area contributed by atoms with Crippen molar-refractivity contribution in [2.75, 3.05) is 26.2 Å². The van der Waals surface area contributed by atoms with Gasteiger partial charge in [-0.3, -0.25) is 4.99 Å².